The van der Waals surface area contributed by atoms with Gasteiger partial charge in [0.15, 0.2) is 0 Å². The summed E-state index contributed by atoms with van der Waals surface area (Å²) < 4.78 is 10.3. The third-order valence-corrected chi connectivity index (χ3v) is 4.27. The third kappa shape index (κ3) is 7.55. The van der Waals surface area contributed by atoms with Gasteiger partial charge in [0, 0.05) is 45.7 Å². The highest BCUT2D eigenvalue weighted by Gasteiger charge is 2.06. The van der Waals surface area contributed by atoms with Crippen molar-refractivity contribution in [2.75, 3.05) is 47.1 Å². The van der Waals surface area contributed by atoms with Crippen LogP contribution in [0.25, 0.3) is 0 Å². The molecular formula is C14H25ClN2O2S. The summed E-state index contributed by atoms with van der Waals surface area (Å²) in [5.74, 6) is 0.507. The Morgan fingerprint density at radius 2 is 1.90 bits per heavy atom. The summed E-state index contributed by atoms with van der Waals surface area (Å²) in [7, 11) is 3.49. The lowest BCUT2D eigenvalue weighted by molar-refractivity contribution is 0.132. The fourth-order valence-corrected chi connectivity index (χ4v) is 3.04. The number of hydrogen-bond acceptors (Lipinski definition) is 5. The van der Waals surface area contributed by atoms with E-state index < -0.39 is 0 Å². The molecule has 0 unspecified atom stereocenters. The Labute approximate surface area is 131 Å². The summed E-state index contributed by atoms with van der Waals surface area (Å²) >= 11 is 7.47. The average Bonchev–Trinajstić information content (AvgIpc) is 2.92. The second-order valence-corrected chi connectivity index (χ2v) is 5.86. The molecule has 0 aliphatic rings. The molecule has 0 radical (unpaired) electrons. The van der Waals surface area contributed by atoms with Crippen LogP contribution in [0.2, 0.25) is 0 Å². The zero-order chi connectivity index (χ0) is 14.6. The van der Waals surface area contributed by atoms with Crippen LogP contribution in [0.5, 0.6) is 0 Å². The quantitative estimate of drug-likeness (QED) is 0.438. The molecule has 0 aliphatic heterocycles. The van der Waals surface area contributed by atoms with Crippen LogP contribution in [0.1, 0.15) is 23.5 Å². The van der Waals surface area contributed by atoms with Gasteiger partial charge in [-0.05, 0) is 19.4 Å². The van der Waals surface area contributed by atoms with Crippen LogP contribution < -0.4 is 0 Å². The molecule has 0 amide bonds. The summed E-state index contributed by atoms with van der Waals surface area (Å²) in [6.07, 6.45) is 3.20. The van der Waals surface area contributed by atoms with Gasteiger partial charge in [-0.1, -0.05) is 0 Å². The first-order valence-corrected chi connectivity index (χ1v) is 8.41. The largest absolute Gasteiger partial charge is 0.385 e. The minimum Gasteiger partial charge on any atom is -0.385 e. The number of rotatable bonds is 12. The maximum absolute atomic E-state index is 5.76. The van der Waals surface area contributed by atoms with E-state index in [4.69, 9.17) is 21.1 Å². The molecule has 1 aromatic rings. The first-order valence-electron chi connectivity index (χ1n) is 6.99. The van der Waals surface area contributed by atoms with Crippen molar-refractivity contribution in [2.24, 2.45) is 0 Å². The molecule has 116 valence electrons. The number of nitrogens with zero attached hydrogens (tertiary/aromatic N) is 2. The Bertz CT molecular complexity index is 350. The Morgan fingerprint density at radius 3 is 2.55 bits per heavy atom. The van der Waals surface area contributed by atoms with Crippen molar-refractivity contribution in [3.8, 4) is 0 Å². The summed E-state index contributed by atoms with van der Waals surface area (Å²) in [5, 5.41) is 3.23. The fraction of sp³-hybridized carbons (Fsp3) is 0.786. The van der Waals surface area contributed by atoms with Crippen molar-refractivity contribution >= 4 is 22.9 Å². The highest BCUT2D eigenvalue weighted by atomic mass is 35.5. The van der Waals surface area contributed by atoms with E-state index in [0.29, 0.717) is 5.88 Å². The number of aryl methyl sites for hydroxylation is 1. The molecule has 0 aromatic carbocycles. The minimum atomic E-state index is 0.507. The molecule has 20 heavy (non-hydrogen) atoms. The molecule has 0 saturated carbocycles. The standard InChI is InChI=1S/C14H25ClN2O2S/c1-18-9-4-7-17(8-10-19-2)6-3-5-14-16-13(11-15)12-20-14/h12H,3-11H2,1-2H3. The lowest BCUT2D eigenvalue weighted by Crippen LogP contribution is -2.30. The molecule has 0 atom stereocenters. The number of aromatic nitrogens is 1. The molecule has 0 bridgehead atoms. The van der Waals surface area contributed by atoms with Gasteiger partial charge in [0.05, 0.1) is 23.2 Å². The van der Waals surface area contributed by atoms with Gasteiger partial charge in [0.2, 0.25) is 0 Å². The Kier molecular flexibility index (Phi) is 10.2. The number of thiazole rings is 1. The zero-order valence-electron chi connectivity index (χ0n) is 12.4. The van der Waals surface area contributed by atoms with Gasteiger partial charge >= 0.3 is 0 Å². The molecule has 1 heterocycles. The van der Waals surface area contributed by atoms with Crippen LogP contribution in [-0.4, -0.2) is 57.0 Å². The van der Waals surface area contributed by atoms with Gasteiger partial charge < -0.3 is 14.4 Å². The number of alkyl halides is 1. The number of halogens is 1. The fourth-order valence-electron chi connectivity index (χ4n) is 1.97. The topological polar surface area (TPSA) is 34.6 Å². The van der Waals surface area contributed by atoms with Crippen LogP contribution in [0.4, 0.5) is 0 Å². The lowest BCUT2D eigenvalue weighted by Gasteiger charge is -2.21. The lowest BCUT2D eigenvalue weighted by atomic mass is 10.3. The second kappa shape index (κ2) is 11.5. The molecule has 0 fully saturated rings. The maximum atomic E-state index is 5.76. The summed E-state index contributed by atoms with van der Waals surface area (Å²) in [6.45, 7) is 4.70. The van der Waals surface area contributed by atoms with Crippen molar-refractivity contribution in [3.05, 3.63) is 16.1 Å². The molecule has 0 aliphatic carbocycles. The van der Waals surface area contributed by atoms with E-state index in [0.717, 1.165) is 57.8 Å². The zero-order valence-corrected chi connectivity index (χ0v) is 14.0. The molecular weight excluding hydrogens is 296 g/mol. The van der Waals surface area contributed by atoms with Gasteiger partial charge in [-0.3, -0.25) is 0 Å². The van der Waals surface area contributed by atoms with Crippen molar-refractivity contribution < 1.29 is 9.47 Å². The molecule has 1 rings (SSSR count). The molecule has 0 saturated heterocycles. The van der Waals surface area contributed by atoms with E-state index in [1.54, 1.807) is 25.6 Å². The van der Waals surface area contributed by atoms with Crippen molar-refractivity contribution in [2.45, 2.75) is 25.1 Å². The predicted octanol–water partition coefficient (Wildman–Crippen LogP) is 2.80. The maximum Gasteiger partial charge on any atom is 0.0929 e. The molecule has 0 spiro atoms. The third-order valence-electron chi connectivity index (χ3n) is 3.04. The van der Waals surface area contributed by atoms with Gasteiger partial charge in [-0.15, -0.1) is 22.9 Å². The predicted molar refractivity (Wildman–Crippen MR) is 84.8 cm³/mol. The monoisotopic (exact) mass is 320 g/mol. The summed E-state index contributed by atoms with van der Waals surface area (Å²) in [5.41, 5.74) is 0.989. The van der Waals surface area contributed by atoms with E-state index in [1.807, 2.05) is 5.38 Å². The normalized spacial score (nSPS) is 11.4. The van der Waals surface area contributed by atoms with Crippen LogP contribution in [-0.2, 0) is 21.8 Å². The molecule has 1 aromatic heterocycles. The second-order valence-electron chi connectivity index (χ2n) is 4.65. The van der Waals surface area contributed by atoms with Crippen LogP contribution >= 0.6 is 22.9 Å². The van der Waals surface area contributed by atoms with E-state index in [1.165, 1.54) is 5.01 Å². The first kappa shape index (κ1) is 17.9. The Balaban J connectivity index is 2.25. The van der Waals surface area contributed by atoms with E-state index in [2.05, 4.69) is 9.88 Å². The van der Waals surface area contributed by atoms with Gasteiger partial charge in [0.25, 0.3) is 0 Å². The average molecular weight is 321 g/mol. The van der Waals surface area contributed by atoms with E-state index >= 15 is 0 Å². The number of methoxy groups -OCH3 is 2. The van der Waals surface area contributed by atoms with Crippen LogP contribution in [0, 0.1) is 0 Å². The Hall–Kier alpha value is -0.200. The molecule has 6 heteroatoms. The Morgan fingerprint density at radius 1 is 1.15 bits per heavy atom. The van der Waals surface area contributed by atoms with Gasteiger partial charge in [-0.25, -0.2) is 4.98 Å². The van der Waals surface area contributed by atoms with Crippen molar-refractivity contribution in [1.29, 1.82) is 0 Å². The summed E-state index contributed by atoms with van der Waals surface area (Å²) in [4.78, 5) is 6.92. The SMILES string of the molecule is COCCCN(CCCc1nc(CCl)cs1)CCOC. The molecule has 4 nitrogen and oxygen atoms in total. The van der Waals surface area contributed by atoms with E-state index in [-0.39, 0.29) is 0 Å². The highest BCUT2D eigenvalue weighted by molar-refractivity contribution is 7.09. The minimum absolute atomic E-state index is 0.507. The molecule has 0 N–H and O–H groups in total. The van der Waals surface area contributed by atoms with Crippen molar-refractivity contribution in [3.63, 3.8) is 0 Å². The number of ether oxygens (including phenoxy) is 2. The van der Waals surface area contributed by atoms with Crippen molar-refractivity contribution in [1.82, 2.24) is 9.88 Å². The smallest absolute Gasteiger partial charge is 0.0929 e. The first-order chi connectivity index (χ1) is 9.80. The highest BCUT2D eigenvalue weighted by Crippen LogP contribution is 2.13. The van der Waals surface area contributed by atoms with Crippen LogP contribution in [0.15, 0.2) is 5.38 Å². The number of hydrogen-bond donors (Lipinski definition) is 0. The van der Waals surface area contributed by atoms with E-state index in [9.17, 15) is 0 Å². The van der Waals surface area contributed by atoms with Gasteiger partial charge in [-0.2, -0.15) is 0 Å². The summed E-state index contributed by atoms with van der Waals surface area (Å²) in [6, 6.07) is 0. The van der Waals surface area contributed by atoms with Gasteiger partial charge in [0.1, 0.15) is 0 Å². The van der Waals surface area contributed by atoms with Crippen LogP contribution in [0.3, 0.4) is 0 Å².